The van der Waals surface area contributed by atoms with E-state index in [0.29, 0.717) is 0 Å². The summed E-state index contributed by atoms with van der Waals surface area (Å²) in [6, 6.07) is 12.1. The third kappa shape index (κ3) is 6.65. The van der Waals surface area contributed by atoms with Gasteiger partial charge < -0.3 is 15.4 Å². The zero-order chi connectivity index (χ0) is 22.1. The predicted molar refractivity (Wildman–Crippen MR) is 108 cm³/mol. The molecule has 2 atom stereocenters. The number of hydrogen-bond acceptors (Lipinski definition) is 4. The topological polar surface area (TPSA) is 84.5 Å². The van der Waals surface area contributed by atoms with Crippen LogP contribution in [-0.2, 0) is 19.1 Å². The molecule has 0 spiro atoms. The second-order valence-corrected chi connectivity index (χ2v) is 6.84. The van der Waals surface area contributed by atoms with Crippen LogP contribution in [0, 0.1) is 17.6 Å². The van der Waals surface area contributed by atoms with E-state index in [4.69, 9.17) is 4.74 Å². The normalized spacial score (nSPS) is 12.5. The summed E-state index contributed by atoms with van der Waals surface area (Å²) >= 11 is 0. The molecule has 2 N–H and O–H groups in total. The summed E-state index contributed by atoms with van der Waals surface area (Å²) in [4.78, 5) is 36.3. The minimum Gasteiger partial charge on any atom is -0.455 e. The Balaban J connectivity index is 1.83. The van der Waals surface area contributed by atoms with Gasteiger partial charge in [0.05, 0.1) is 12.5 Å². The van der Waals surface area contributed by atoms with Crippen molar-refractivity contribution < 1.29 is 27.9 Å². The number of carbonyl (C=O) groups is 3. The van der Waals surface area contributed by atoms with Gasteiger partial charge in [-0.3, -0.25) is 14.4 Å². The summed E-state index contributed by atoms with van der Waals surface area (Å²) < 4.78 is 31.2. The van der Waals surface area contributed by atoms with E-state index in [-0.39, 0.29) is 11.6 Å². The van der Waals surface area contributed by atoms with Gasteiger partial charge in [0.2, 0.25) is 5.91 Å². The monoisotopic (exact) mass is 418 g/mol. The number of rotatable bonds is 9. The van der Waals surface area contributed by atoms with Crippen LogP contribution in [0.4, 0.5) is 14.5 Å². The molecule has 2 rings (SSSR count). The molecule has 2 aromatic rings. The first kappa shape index (κ1) is 23.0. The van der Waals surface area contributed by atoms with Gasteiger partial charge in [-0.2, -0.15) is 0 Å². The molecule has 0 fully saturated rings. The van der Waals surface area contributed by atoms with Crippen LogP contribution < -0.4 is 10.6 Å². The van der Waals surface area contributed by atoms with Crippen molar-refractivity contribution in [3.8, 4) is 0 Å². The molecule has 0 radical (unpaired) electrons. The number of amides is 2. The lowest BCUT2D eigenvalue weighted by Crippen LogP contribution is -2.36. The van der Waals surface area contributed by atoms with Gasteiger partial charge in [-0.25, -0.2) is 8.78 Å². The minimum absolute atomic E-state index is 0.0184. The van der Waals surface area contributed by atoms with E-state index in [2.05, 4.69) is 10.6 Å². The molecule has 2 aromatic carbocycles. The van der Waals surface area contributed by atoms with Crippen molar-refractivity contribution in [1.29, 1.82) is 0 Å². The van der Waals surface area contributed by atoms with Crippen LogP contribution >= 0.6 is 0 Å². The van der Waals surface area contributed by atoms with E-state index in [0.717, 1.165) is 24.1 Å². The first-order valence-electron chi connectivity index (χ1n) is 9.55. The molecule has 30 heavy (non-hydrogen) atoms. The Morgan fingerprint density at radius 1 is 1.00 bits per heavy atom. The lowest BCUT2D eigenvalue weighted by molar-refractivity contribution is -0.151. The van der Waals surface area contributed by atoms with Crippen molar-refractivity contribution in [2.45, 2.75) is 26.2 Å². The molecule has 0 heterocycles. The van der Waals surface area contributed by atoms with Gasteiger partial charge in [0.15, 0.2) is 18.2 Å². The summed E-state index contributed by atoms with van der Waals surface area (Å²) in [7, 11) is 0. The van der Waals surface area contributed by atoms with Crippen LogP contribution in [0.3, 0.4) is 0 Å². The van der Waals surface area contributed by atoms with Gasteiger partial charge in [0, 0.05) is 11.8 Å². The molecule has 0 bridgehead atoms. The fraction of sp³-hybridized carbons (Fsp3) is 0.318. The van der Waals surface area contributed by atoms with Crippen molar-refractivity contribution in [3.05, 3.63) is 65.7 Å². The second kappa shape index (κ2) is 11.0. The van der Waals surface area contributed by atoms with Gasteiger partial charge in [-0.1, -0.05) is 50.6 Å². The first-order chi connectivity index (χ1) is 14.3. The Morgan fingerprint density at radius 2 is 1.70 bits per heavy atom. The maximum atomic E-state index is 13.1. The fourth-order valence-corrected chi connectivity index (χ4v) is 2.83. The molecule has 0 aromatic heterocycles. The Labute approximate surface area is 173 Å². The minimum atomic E-state index is -1.10. The second-order valence-electron chi connectivity index (χ2n) is 6.84. The maximum absolute atomic E-state index is 13.1. The molecule has 0 aliphatic rings. The van der Waals surface area contributed by atoms with E-state index >= 15 is 0 Å². The fourth-order valence-electron chi connectivity index (χ4n) is 2.83. The smallest absolute Gasteiger partial charge is 0.314 e. The van der Waals surface area contributed by atoms with Crippen LogP contribution in [0.1, 0.15) is 31.7 Å². The van der Waals surface area contributed by atoms with Gasteiger partial charge >= 0.3 is 5.97 Å². The molecular weight excluding hydrogens is 394 g/mol. The van der Waals surface area contributed by atoms with E-state index in [1.54, 1.807) is 0 Å². The third-order valence-corrected chi connectivity index (χ3v) is 4.62. The van der Waals surface area contributed by atoms with E-state index in [1.165, 1.54) is 6.07 Å². The van der Waals surface area contributed by atoms with Crippen molar-refractivity contribution >= 4 is 23.5 Å². The Hall–Kier alpha value is -3.29. The molecule has 0 saturated carbocycles. The highest BCUT2D eigenvalue weighted by Gasteiger charge is 2.27. The molecule has 0 saturated heterocycles. The zero-order valence-corrected chi connectivity index (χ0v) is 16.8. The van der Waals surface area contributed by atoms with Gasteiger partial charge in [0.1, 0.15) is 0 Å². The van der Waals surface area contributed by atoms with Crippen molar-refractivity contribution in [2.75, 3.05) is 18.5 Å². The van der Waals surface area contributed by atoms with Crippen LogP contribution in [0.2, 0.25) is 0 Å². The number of carbonyl (C=O) groups excluding carboxylic acids is 3. The average molecular weight is 418 g/mol. The number of nitrogens with one attached hydrogen (secondary N) is 2. The Morgan fingerprint density at radius 3 is 2.33 bits per heavy atom. The molecule has 6 nitrogen and oxygen atoms in total. The Kier molecular flexibility index (Phi) is 8.46. The van der Waals surface area contributed by atoms with Crippen molar-refractivity contribution in [3.63, 3.8) is 0 Å². The van der Waals surface area contributed by atoms with Gasteiger partial charge in [-0.05, 0) is 23.6 Å². The lowest BCUT2D eigenvalue weighted by atomic mass is 9.86. The van der Waals surface area contributed by atoms with Gasteiger partial charge in [-0.15, -0.1) is 0 Å². The standard InChI is InChI=1S/C22H24F2N2O4/c1-3-14(2)21(15-7-5-4-6-8-15)22(29)30-13-20(28)25-12-19(27)26-16-9-10-17(23)18(24)11-16/h4-11,14,21H,3,12-13H2,1-2H3,(H,25,28)(H,26,27)/t14-,21-/m1/s1. The van der Waals surface area contributed by atoms with Gasteiger partial charge in [0.25, 0.3) is 5.91 Å². The van der Waals surface area contributed by atoms with E-state index < -0.39 is 48.5 Å². The molecule has 8 heteroatoms. The Bertz CT molecular complexity index is 890. The van der Waals surface area contributed by atoms with Crippen LogP contribution in [0.5, 0.6) is 0 Å². The lowest BCUT2D eigenvalue weighted by Gasteiger charge is -2.21. The van der Waals surface area contributed by atoms with E-state index in [1.807, 2.05) is 44.2 Å². The molecule has 0 aliphatic heterocycles. The zero-order valence-electron chi connectivity index (χ0n) is 16.8. The molecule has 2 amide bonds. The number of anilines is 1. The molecule has 0 aliphatic carbocycles. The molecule has 160 valence electrons. The van der Waals surface area contributed by atoms with E-state index in [9.17, 15) is 23.2 Å². The summed E-state index contributed by atoms with van der Waals surface area (Å²) in [6.07, 6.45) is 0.755. The SMILES string of the molecule is CC[C@@H](C)[C@@H](C(=O)OCC(=O)NCC(=O)Nc1ccc(F)c(F)c1)c1ccccc1. The number of benzene rings is 2. The van der Waals surface area contributed by atoms with Crippen LogP contribution in [0.15, 0.2) is 48.5 Å². The summed E-state index contributed by atoms with van der Waals surface area (Å²) in [6.45, 7) is 2.95. The van der Waals surface area contributed by atoms with Crippen molar-refractivity contribution in [2.24, 2.45) is 5.92 Å². The average Bonchev–Trinajstić information content (AvgIpc) is 2.74. The highest BCUT2D eigenvalue weighted by Crippen LogP contribution is 2.28. The first-order valence-corrected chi connectivity index (χ1v) is 9.55. The summed E-state index contributed by atoms with van der Waals surface area (Å²) in [5.74, 6) is -4.42. The van der Waals surface area contributed by atoms with Crippen LogP contribution in [0.25, 0.3) is 0 Å². The summed E-state index contributed by atoms with van der Waals surface area (Å²) in [5.41, 5.74) is 0.863. The number of halogens is 2. The number of ether oxygens (including phenoxy) is 1. The highest BCUT2D eigenvalue weighted by atomic mass is 19.2. The number of hydrogen-bond donors (Lipinski definition) is 2. The molecule has 0 unspecified atom stereocenters. The quantitative estimate of drug-likeness (QED) is 0.612. The van der Waals surface area contributed by atoms with Crippen molar-refractivity contribution in [1.82, 2.24) is 5.32 Å². The largest absolute Gasteiger partial charge is 0.455 e. The predicted octanol–water partition coefficient (Wildman–Crippen LogP) is 3.39. The molecular formula is C22H24F2N2O4. The highest BCUT2D eigenvalue weighted by molar-refractivity contribution is 5.94. The number of esters is 1. The maximum Gasteiger partial charge on any atom is 0.314 e. The third-order valence-electron chi connectivity index (χ3n) is 4.62. The van der Waals surface area contributed by atoms with Crippen LogP contribution in [-0.4, -0.2) is 30.9 Å². The summed E-state index contributed by atoms with van der Waals surface area (Å²) in [5, 5.41) is 4.63.